The van der Waals surface area contributed by atoms with Gasteiger partial charge in [-0.3, -0.25) is 0 Å². The molecule has 0 fully saturated rings. The summed E-state index contributed by atoms with van der Waals surface area (Å²) in [5.41, 5.74) is 6.23. The minimum atomic E-state index is 0.650. The van der Waals surface area contributed by atoms with E-state index >= 15 is 0 Å². The van der Waals surface area contributed by atoms with Crippen molar-refractivity contribution in [3.63, 3.8) is 0 Å². The Kier molecular flexibility index (Phi) is 6.15. The van der Waals surface area contributed by atoms with Gasteiger partial charge in [0.15, 0.2) is 17.5 Å². The van der Waals surface area contributed by atoms with Crippen molar-refractivity contribution in [1.29, 1.82) is 0 Å². The summed E-state index contributed by atoms with van der Waals surface area (Å²) in [7, 11) is 0. The number of hydrogen-bond donors (Lipinski definition) is 0. The highest BCUT2D eigenvalue weighted by molar-refractivity contribution is 6.25. The Balaban J connectivity index is 1.26. The average molecular weight is 625 g/mol. The molecule has 0 saturated carbocycles. The second kappa shape index (κ2) is 11.0. The molecule has 0 bridgehead atoms. The molecule has 0 aliphatic rings. The molecule has 0 aliphatic carbocycles. The highest BCUT2D eigenvalue weighted by atomic mass is 15.0. The van der Waals surface area contributed by atoms with E-state index in [2.05, 4.69) is 114 Å². The van der Waals surface area contributed by atoms with Crippen LogP contribution in [0.4, 0.5) is 0 Å². The van der Waals surface area contributed by atoms with E-state index in [1.807, 2.05) is 60.7 Å². The third-order valence-corrected chi connectivity index (χ3v) is 9.62. The zero-order chi connectivity index (χ0) is 32.3. The van der Waals surface area contributed by atoms with Crippen LogP contribution in [-0.4, -0.2) is 19.5 Å². The third-order valence-electron chi connectivity index (χ3n) is 9.62. The van der Waals surface area contributed by atoms with Gasteiger partial charge in [0.2, 0.25) is 0 Å². The molecule has 0 spiro atoms. The minimum Gasteiger partial charge on any atom is -0.309 e. The monoisotopic (exact) mass is 624 g/mol. The van der Waals surface area contributed by atoms with Crippen LogP contribution >= 0.6 is 0 Å². The third kappa shape index (κ3) is 4.35. The summed E-state index contributed by atoms with van der Waals surface area (Å²) < 4.78 is 2.38. The van der Waals surface area contributed by atoms with E-state index in [0.29, 0.717) is 17.5 Å². The molecule has 0 unspecified atom stereocenters. The number of benzene rings is 8. The van der Waals surface area contributed by atoms with Crippen LogP contribution in [0.1, 0.15) is 0 Å². The first-order chi connectivity index (χ1) is 24.3. The van der Waals surface area contributed by atoms with Crippen molar-refractivity contribution in [1.82, 2.24) is 19.5 Å². The van der Waals surface area contributed by atoms with Crippen LogP contribution in [-0.2, 0) is 0 Å². The lowest BCUT2D eigenvalue weighted by Crippen LogP contribution is -2.00. The molecule has 0 aliphatic heterocycles. The summed E-state index contributed by atoms with van der Waals surface area (Å²) in [6.07, 6.45) is 0. The lowest BCUT2D eigenvalue weighted by molar-refractivity contribution is 1.08. The van der Waals surface area contributed by atoms with Gasteiger partial charge in [0.05, 0.1) is 11.0 Å². The van der Waals surface area contributed by atoms with Gasteiger partial charge in [-0.15, -0.1) is 0 Å². The highest BCUT2D eigenvalue weighted by Gasteiger charge is 2.20. The van der Waals surface area contributed by atoms with Crippen LogP contribution in [0.3, 0.4) is 0 Å². The van der Waals surface area contributed by atoms with Gasteiger partial charge in [-0.05, 0) is 56.6 Å². The smallest absolute Gasteiger partial charge is 0.164 e. The number of hydrogen-bond acceptors (Lipinski definition) is 3. The molecule has 10 rings (SSSR count). The largest absolute Gasteiger partial charge is 0.309 e. The fourth-order valence-corrected chi connectivity index (χ4v) is 7.45. The van der Waals surface area contributed by atoms with Crippen LogP contribution in [0.15, 0.2) is 170 Å². The number of fused-ring (bicyclic) bond motifs is 9. The Bertz CT molecular complexity index is 2780. The summed E-state index contributed by atoms with van der Waals surface area (Å²) in [6, 6.07) is 59.8. The normalized spacial score (nSPS) is 11.7. The molecule has 0 saturated heterocycles. The zero-order valence-corrected chi connectivity index (χ0v) is 26.5. The predicted molar refractivity (Wildman–Crippen MR) is 203 cm³/mol. The average Bonchev–Trinajstić information content (AvgIpc) is 3.53. The number of nitrogens with zero attached hydrogens (tertiary/aromatic N) is 4. The highest BCUT2D eigenvalue weighted by Crippen LogP contribution is 2.41. The van der Waals surface area contributed by atoms with Gasteiger partial charge in [0.1, 0.15) is 0 Å². The molecule has 4 nitrogen and oxygen atoms in total. The first kappa shape index (κ1) is 27.5. The maximum atomic E-state index is 5.11. The predicted octanol–water partition coefficient (Wildman–Crippen LogP) is 11.4. The van der Waals surface area contributed by atoms with Gasteiger partial charge in [0, 0.05) is 33.2 Å². The van der Waals surface area contributed by atoms with Crippen molar-refractivity contribution < 1.29 is 0 Å². The topological polar surface area (TPSA) is 43.6 Å². The molecule has 2 heterocycles. The molecule has 0 amide bonds. The minimum absolute atomic E-state index is 0.650. The molecule has 8 aromatic carbocycles. The zero-order valence-electron chi connectivity index (χ0n) is 26.5. The molecule has 228 valence electrons. The van der Waals surface area contributed by atoms with E-state index in [0.717, 1.165) is 44.2 Å². The van der Waals surface area contributed by atoms with Crippen molar-refractivity contribution in [2.75, 3.05) is 0 Å². The van der Waals surface area contributed by atoms with Crippen molar-refractivity contribution in [2.24, 2.45) is 0 Å². The van der Waals surface area contributed by atoms with Crippen LogP contribution in [0.25, 0.3) is 94.0 Å². The summed E-state index contributed by atoms with van der Waals surface area (Å²) in [6.45, 7) is 0. The molecular formula is C45H28N4. The van der Waals surface area contributed by atoms with Gasteiger partial charge < -0.3 is 4.57 Å². The Morgan fingerprint density at radius 2 is 0.796 bits per heavy atom. The molecule has 49 heavy (non-hydrogen) atoms. The van der Waals surface area contributed by atoms with Crippen molar-refractivity contribution in [2.45, 2.75) is 0 Å². The summed E-state index contributed by atoms with van der Waals surface area (Å²) in [4.78, 5) is 15.2. The van der Waals surface area contributed by atoms with Gasteiger partial charge in [-0.2, -0.15) is 0 Å². The van der Waals surface area contributed by atoms with Crippen LogP contribution in [0.5, 0.6) is 0 Å². The quantitative estimate of drug-likeness (QED) is 0.183. The first-order valence-corrected chi connectivity index (χ1v) is 16.5. The van der Waals surface area contributed by atoms with Gasteiger partial charge in [-0.25, -0.2) is 15.0 Å². The SMILES string of the molecule is c1ccc(-c2nc(-c3ccccc3)nc(-c3cccc4c3c3ccccc3n4-c3ccc4c5ccccc5c5ccccc5c4c3)n2)cc1. The molecular weight excluding hydrogens is 597 g/mol. The van der Waals surface area contributed by atoms with Crippen LogP contribution < -0.4 is 0 Å². The van der Waals surface area contributed by atoms with Gasteiger partial charge >= 0.3 is 0 Å². The molecule has 0 atom stereocenters. The standard InChI is InChI=1S/C45H28N4/c1-3-14-29(15-4-1)43-46-44(30-16-5-2-6-17-30)48-45(47-43)38-23-13-25-41-42(38)37-22-11-12-24-40(37)49(41)31-26-27-36-34-20-8-7-18-32(34)33-19-9-10-21-35(33)39(36)28-31/h1-28H. The second-order valence-corrected chi connectivity index (χ2v) is 12.4. The number of para-hydroxylation sites is 1. The first-order valence-electron chi connectivity index (χ1n) is 16.5. The number of aromatic nitrogens is 4. The summed E-state index contributed by atoms with van der Waals surface area (Å²) in [5.74, 6) is 1.95. The Morgan fingerprint density at radius 3 is 1.41 bits per heavy atom. The van der Waals surface area contributed by atoms with Gasteiger partial charge in [0.25, 0.3) is 0 Å². The van der Waals surface area contributed by atoms with Crippen molar-refractivity contribution in [3.8, 4) is 39.9 Å². The fraction of sp³-hybridized carbons (Fsp3) is 0. The number of rotatable bonds is 4. The Hall–Kier alpha value is -6.65. The fourth-order valence-electron chi connectivity index (χ4n) is 7.45. The lowest BCUT2D eigenvalue weighted by Gasteiger charge is -2.14. The molecule has 0 radical (unpaired) electrons. The van der Waals surface area contributed by atoms with Crippen LogP contribution in [0, 0.1) is 0 Å². The maximum Gasteiger partial charge on any atom is 0.164 e. The van der Waals surface area contributed by atoms with Crippen LogP contribution in [0.2, 0.25) is 0 Å². The summed E-state index contributed by atoms with van der Waals surface area (Å²) >= 11 is 0. The lowest BCUT2D eigenvalue weighted by atomic mass is 9.94. The molecule has 2 aromatic heterocycles. The molecule has 4 heteroatoms. The van der Waals surface area contributed by atoms with E-state index in [9.17, 15) is 0 Å². The maximum absolute atomic E-state index is 5.11. The van der Waals surface area contributed by atoms with Crippen molar-refractivity contribution in [3.05, 3.63) is 170 Å². The van der Waals surface area contributed by atoms with E-state index < -0.39 is 0 Å². The van der Waals surface area contributed by atoms with E-state index in [1.54, 1.807) is 0 Å². The molecule has 0 N–H and O–H groups in total. The second-order valence-electron chi connectivity index (χ2n) is 12.4. The van der Waals surface area contributed by atoms with E-state index in [-0.39, 0.29) is 0 Å². The summed E-state index contributed by atoms with van der Waals surface area (Å²) in [5, 5.41) is 9.84. The van der Waals surface area contributed by atoms with E-state index in [4.69, 9.17) is 15.0 Å². The Labute approximate surface area is 282 Å². The Morgan fingerprint density at radius 1 is 0.327 bits per heavy atom. The van der Waals surface area contributed by atoms with Gasteiger partial charge in [-0.1, -0.05) is 146 Å². The molecule has 10 aromatic rings. The van der Waals surface area contributed by atoms with E-state index in [1.165, 1.54) is 32.3 Å². The van der Waals surface area contributed by atoms with Crippen molar-refractivity contribution >= 4 is 54.1 Å².